The van der Waals surface area contributed by atoms with Crippen molar-refractivity contribution >= 4 is 52.5 Å². The van der Waals surface area contributed by atoms with Gasteiger partial charge in [0.25, 0.3) is 0 Å². The third kappa shape index (κ3) is 4.50. The van der Waals surface area contributed by atoms with E-state index in [0.717, 1.165) is 11.1 Å². The first-order valence-electron chi connectivity index (χ1n) is 6.16. The van der Waals surface area contributed by atoms with Gasteiger partial charge < -0.3 is 5.32 Å². The zero-order valence-electron chi connectivity index (χ0n) is 11.2. The molecule has 0 aliphatic carbocycles. The summed E-state index contributed by atoms with van der Waals surface area (Å²) in [5.74, 6) is -0.244. The minimum absolute atomic E-state index is 0.244. The van der Waals surface area contributed by atoms with E-state index in [2.05, 4.69) is 5.32 Å². The topological polar surface area (TPSA) is 29.1 Å². The quantitative estimate of drug-likeness (QED) is 0.723. The lowest BCUT2D eigenvalue weighted by molar-refractivity contribution is -0.111. The Hall–Kier alpha value is -1.48. The molecule has 108 valence electrons. The molecule has 0 unspecified atom stereocenters. The maximum Gasteiger partial charge on any atom is 0.248 e. The fraction of sp³-hybridized carbons (Fsp3) is 0.0625. The number of hydrogen-bond acceptors (Lipinski definition) is 1. The number of carbonyl (C=O) groups excluding carboxylic acids is 1. The third-order valence-electron chi connectivity index (χ3n) is 2.83. The van der Waals surface area contributed by atoms with Crippen LogP contribution in [0.25, 0.3) is 6.08 Å². The monoisotopic (exact) mass is 339 g/mol. The first-order valence-corrected chi connectivity index (χ1v) is 7.29. The predicted molar refractivity (Wildman–Crippen MR) is 90.3 cm³/mol. The molecule has 0 radical (unpaired) electrons. The van der Waals surface area contributed by atoms with Gasteiger partial charge in [-0.25, -0.2) is 0 Å². The highest BCUT2D eigenvalue weighted by Gasteiger charge is 2.03. The van der Waals surface area contributed by atoms with E-state index in [1.165, 1.54) is 6.08 Å². The normalized spacial score (nSPS) is 10.9. The van der Waals surface area contributed by atoms with E-state index in [-0.39, 0.29) is 5.91 Å². The van der Waals surface area contributed by atoms with Crippen LogP contribution < -0.4 is 5.32 Å². The number of nitrogens with one attached hydrogen (secondary N) is 1. The molecular weight excluding hydrogens is 329 g/mol. The average molecular weight is 341 g/mol. The van der Waals surface area contributed by atoms with Crippen LogP contribution in [0, 0.1) is 6.92 Å². The van der Waals surface area contributed by atoms with Crippen LogP contribution in [-0.4, -0.2) is 5.91 Å². The van der Waals surface area contributed by atoms with Gasteiger partial charge in [0.05, 0.1) is 10.0 Å². The number of hydrogen-bond donors (Lipinski definition) is 1. The molecule has 0 atom stereocenters. The maximum absolute atomic E-state index is 11.9. The van der Waals surface area contributed by atoms with Crippen molar-refractivity contribution in [2.75, 3.05) is 5.32 Å². The Labute approximate surface area is 138 Å². The Balaban J connectivity index is 2.09. The number of rotatable bonds is 3. The SMILES string of the molecule is Cc1ccc(Cl)cc1NC(=O)C=Cc1ccc(Cl)c(Cl)c1. The van der Waals surface area contributed by atoms with Gasteiger partial charge >= 0.3 is 0 Å². The van der Waals surface area contributed by atoms with Crippen LogP contribution >= 0.6 is 34.8 Å². The van der Waals surface area contributed by atoms with Gasteiger partial charge in [-0.1, -0.05) is 46.9 Å². The lowest BCUT2D eigenvalue weighted by Gasteiger charge is -2.06. The van der Waals surface area contributed by atoms with Crippen LogP contribution in [0.15, 0.2) is 42.5 Å². The molecule has 0 saturated heterocycles. The van der Waals surface area contributed by atoms with E-state index in [4.69, 9.17) is 34.8 Å². The number of benzene rings is 2. The lowest BCUT2D eigenvalue weighted by Crippen LogP contribution is -2.08. The Morgan fingerprint density at radius 1 is 1.05 bits per heavy atom. The van der Waals surface area contributed by atoms with Crippen LogP contribution in [0.5, 0.6) is 0 Å². The van der Waals surface area contributed by atoms with Gasteiger partial charge in [0.15, 0.2) is 0 Å². The summed E-state index contributed by atoms with van der Waals surface area (Å²) in [6, 6.07) is 10.5. The zero-order chi connectivity index (χ0) is 15.4. The van der Waals surface area contributed by atoms with Crippen LogP contribution in [0.2, 0.25) is 15.1 Å². The smallest absolute Gasteiger partial charge is 0.248 e. The van der Waals surface area contributed by atoms with Gasteiger partial charge in [-0.2, -0.15) is 0 Å². The minimum atomic E-state index is -0.244. The molecular formula is C16H12Cl3NO. The molecule has 5 heteroatoms. The molecule has 0 heterocycles. The Kier molecular flexibility index (Phi) is 5.29. The molecule has 0 spiro atoms. The van der Waals surface area contributed by atoms with Crippen LogP contribution in [0.3, 0.4) is 0 Å². The Morgan fingerprint density at radius 2 is 1.81 bits per heavy atom. The van der Waals surface area contributed by atoms with Gasteiger partial charge in [-0.15, -0.1) is 0 Å². The van der Waals surface area contributed by atoms with E-state index in [1.807, 2.05) is 13.0 Å². The number of carbonyl (C=O) groups is 1. The first kappa shape index (κ1) is 15.9. The summed E-state index contributed by atoms with van der Waals surface area (Å²) in [5.41, 5.74) is 2.42. The minimum Gasteiger partial charge on any atom is -0.322 e. The number of halogens is 3. The standard InChI is InChI=1S/C16H12Cl3NO/c1-10-2-5-12(17)9-15(10)20-16(21)7-4-11-3-6-13(18)14(19)8-11/h2-9H,1H3,(H,20,21). The average Bonchev–Trinajstić information content (AvgIpc) is 2.44. The molecule has 0 fully saturated rings. The van der Waals surface area contributed by atoms with Crippen LogP contribution in [0.4, 0.5) is 5.69 Å². The predicted octanol–water partition coefficient (Wildman–Crippen LogP) is 5.61. The second-order valence-corrected chi connectivity index (χ2v) is 5.71. The fourth-order valence-corrected chi connectivity index (χ4v) is 2.17. The van der Waals surface area contributed by atoms with Gasteiger partial charge in [0, 0.05) is 16.8 Å². The Morgan fingerprint density at radius 3 is 2.52 bits per heavy atom. The van der Waals surface area contributed by atoms with Gasteiger partial charge in [-0.3, -0.25) is 4.79 Å². The molecule has 0 aliphatic rings. The summed E-state index contributed by atoms with van der Waals surface area (Å²) < 4.78 is 0. The first-order chi connectivity index (χ1) is 9.95. The van der Waals surface area contributed by atoms with E-state index >= 15 is 0 Å². The number of aryl methyl sites for hydroxylation is 1. The van der Waals surface area contributed by atoms with Crippen molar-refractivity contribution in [3.8, 4) is 0 Å². The largest absolute Gasteiger partial charge is 0.322 e. The van der Waals surface area contributed by atoms with Crippen molar-refractivity contribution in [3.05, 3.63) is 68.7 Å². The molecule has 0 aliphatic heterocycles. The van der Waals surface area contributed by atoms with Crippen molar-refractivity contribution in [1.29, 1.82) is 0 Å². The van der Waals surface area contributed by atoms with Crippen molar-refractivity contribution in [2.24, 2.45) is 0 Å². The highest BCUT2D eigenvalue weighted by molar-refractivity contribution is 6.42. The summed E-state index contributed by atoms with van der Waals surface area (Å²) in [6.45, 7) is 1.90. The van der Waals surface area contributed by atoms with E-state index in [0.29, 0.717) is 20.8 Å². The van der Waals surface area contributed by atoms with Crippen molar-refractivity contribution in [2.45, 2.75) is 6.92 Å². The van der Waals surface area contributed by atoms with Crippen LogP contribution in [0.1, 0.15) is 11.1 Å². The second-order valence-electron chi connectivity index (χ2n) is 4.46. The van der Waals surface area contributed by atoms with Crippen molar-refractivity contribution in [1.82, 2.24) is 0 Å². The zero-order valence-corrected chi connectivity index (χ0v) is 13.4. The molecule has 2 aromatic carbocycles. The van der Waals surface area contributed by atoms with Crippen molar-refractivity contribution < 1.29 is 4.79 Å². The van der Waals surface area contributed by atoms with E-state index in [9.17, 15) is 4.79 Å². The van der Waals surface area contributed by atoms with Gasteiger partial charge in [-0.05, 0) is 48.4 Å². The molecule has 1 amide bonds. The number of amides is 1. The summed E-state index contributed by atoms with van der Waals surface area (Å²) in [5, 5.41) is 4.28. The summed E-state index contributed by atoms with van der Waals surface area (Å²) in [4.78, 5) is 11.9. The highest BCUT2D eigenvalue weighted by Crippen LogP contribution is 2.23. The molecule has 21 heavy (non-hydrogen) atoms. The van der Waals surface area contributed by atoms with E-state index < -0.39 is 0 Å². The Bertz CT molecular complexity index is 711. The fourth-order valence-electron chi connectivity index (χ4n) is 1.69. The van der Waals surface area contributed by atoms with Crippen molar-refractivity contribution in [3.63, 3.8) is 0 Å². The molecule has 0 saturated carbocycles. The molecule has 2 rings (SSSR count). The second kappa shape index (κ2) is 6.99. The summed E-state index contributed by atoms with van der Waals surface area (Å²) >= 11 is 17.7. The molecule has 0 bridgehead atoms. The summed E-state index contributed by atoms with van der Waals surface area (Å²) in [7, 11) is 0. The number of anilines is 1. The molecule has 2 aromatic rings. The van der Waals surface area contributed by atoms with E-state index in [1.54, 1.807) is 36.4 Å². The molecule has 2 nitrogen and oxygen atoms in total. The summed E-state index contributed by atoms with van der Waals surface area (Å²) in [6.07, 6.45) is 3.09. The highest BCUT2D eigenvalue weighted by atomic mass is 35.5. The van der Waals surface area contributed by atoms with Crippen LogP contribution in [-0.2, 0) is 4.79 Å². The lowest BCUT2D eigenvalue weighted by atomic mass is 10.2. The van der Waals surface area contributed by atoms with Gasteiger partial charge in [0.1, 0.15) is 0 Å². The van der Waals surface area contributed by atoms with Gasteiger partial charge in [0.2, 0.25) is 5.91 Å². The molecule has 0 aromatic heterocycles. The third-order valence-corrected chi connectivity index (χ3v) is 3.80. The maximum atomic E-state index is 11.9. The molecule has 1 N–H and O–H groups in total.